The summed E-state index contributed by atoms with van der Waals surface area (Å²) in [7, 11) is 1.37. The smallest absolute Gasteiger partial charge is 0.295 e. The molecule has 13 heteroatoms. The number of carbonyl (C=O) groups is 1. The SMILES string of the molecule is COc1cnc(Cl)c(F)c1-c1cc(C)ncc1C(=O)Nc1nnc(OC[C@@H]2COCCO2)s1. The van der Waals surface area contributed by atoms with E-state index in [-0.39, 0.29) is 50.6 Å². The lowest BCUT2D eigenvalue weighted by Gasteiger charge is -2.22. The monoisotopic (exact) mass is 495 g/mol. The van der Waals surface area contributed by atoms with E-state index in [1.54, 1.807) is 13.0 Å². The van der Waals surface area contributed by atoms with Gasteiger partial charge >= 0.3 is 0 Å². The first-order valence-electron chi connectivity index (χ1n) is 9.78. The van der Waals surface area contributed by atoms with Crippen molar-refractivity contribution in [1.82, 2.24) is 20.2 Å². The van der Waals surface area contributed by atoms with E-state index in [4.69, 9.17) is 30.5 Å². The zero-order chi connectivity index (χ0) is 23.4. The van der Waals surface area contributed by atoms with Gasteiger partial charge in [0, 0.05) is 17.5 Å². The van der Waals surface area contributed by atoms with Crippen LogP contribution in [0.25, 0.3) is 11.1 Å². The van der Waals surface area contributed by atoms with Crippen LogP contribution in [0.5, 0.6) is 10.9 Å². The lowest BCUT2D eigenvalue weighted by atomic mass is 10.00. The van der Waals surface area contributed by atoms with Crippen molar-refractivity contribution >= 4 is 34.0 Å². The van der Waals surface area contributed by atoms with E-state index >= 15 is 0 Å². The van der Waals surface area contributed by atoms with Crippen molar-refractivity contribution in [2.45, 2.75) is 13.0 Å². The molecule has 0 bridgehead atoms. The van der Waals surface area contributed by atoms with Gasteiger partial charge in [-0.15, -0.1) is 5.10 Å². The lowest BCUT2D eigenvalue weighted by Crippen LogP contribution is -2.33. The summed E-state index contributed by atoms with van der Waals surface area (Å²) < 4.78 is 36.5. The summed E-state index contributed by atoms with van der Waals surface area (Å²) in [5.74, 6) is -1.26. The Labute approximate surface area is 197 Å². The molecular formula is C20H19ClFN5O5S. The van der Waals surface area contributed by atoms with Crippen LogP contribution >= 0.6 is 22.9 Å². The Kier molecular flexibility index (Phi) is 7.28. The third-order valence-corrected chi connectivity index (χ3v) is 5.64. The van der Waals surface area contributed by atoms with E-state index in [0.717, 1.165) is 11.3 Å². The van der Waals surface area contributed by atoms with Gasteiger partial charge < -0.3 is 18.9 Å². The predicted molar refractivity (Wildman–Crippen MR) is 118 cm³/mol. The molecule has 0 unspecified atom stereocenters. The first-order valence-corrected chi connectivity index (χ1v) is 11.0. The van der Waals surface area contributed by atoms with Crippen LogP contribution in [0, 0.1) is 12.7 Å². The van der Waals surface area contributed by atoms with Crippen molar-refractivity contribution in [3.63, 3.8) is 0 Å². The number of anilines is 1. The van der Waals surface area contributed by atoms with Crippen molar-refractivity contribution in [3.8, 4) is 22.1 Å². The topological polar surface area (TPSA) is 118 Å². The number of amides is 1. The van der Waals surface area contributed by atoms with Crippen molar-refractivity contribution in [1.29, 1.82) is 0 Å². The van der Waals surface area contributed by atoms with Crippen molar-refractivity contribution in [2.75, 3.05) is 38.9 Å². The number of hydrogen-bond acceptors (Lipinski definition) is 10. The van der Waals surface area contributed by atoms with Gasteiger partial charge in [-0.05, 0) is 24.3 Å². The van der Waals surface area contributed by atoms with Gasteiger partial charge in [0.2, 0.25) is 5.13 Å². The third-order valence-electron chi connectivity index (χ3n) is 4.62. The number of carbonyl (C=O) groups excluding carboxylic acids is 1. The van der Waals surface area contributed by atoms with Crippen LogP contribution in [0.2, 0.25) is 5.15 Å². The number of methoxy groups -OCH3 is 1. The number of hydrogen-bond donors (Lipinski definition) is 1. The molecule has 0 saturated carbocycles. The molecule has 1 fully saturated rings. The molecule has 1 amide bonds. The van der Waals surface area contributed by atoms with Crippen LogP contribution in [0.1, 0.15) is 16.1 Å². The Morgan fingerprint density at radius 1 is 1.33 bits per heavy atom. The number of aromatic nitrogens is 4. The fraction of sp³-hybridized carbons (Fsp3) is 0.350. The molecule has 10 nitrogen and oxygen atoms in total. The zero-order valence-electron chi connectivity index (χ0n) is 17.6. The van der Waals surface area contributed by atoms with Crippen LogP contribution in [-0.4, -0.2) is 65.7 Å². The highest BCUT2D eigenvalue weighted by atomic mass is 35.5. The number of nitrogens with zero attached hydrogens (tertiary/aromatic N) is 4. The van der Waals surface area contributed by atoms with Gasteiger partial charge in [-0.2, -0.15) is 0 Å². The molecule has 0 spiro atoms. The molecule has 1 aliphatic heterocycles. The van der Waals surface area contributed by atoms with Crippen LogP contribution < -0.4 is 14.8 Å². The largest absolute Gasteiger partial charge is 0.494 e. The van der Waals surface area contributed by atoms with Crippen molar-refractivity contribution < 1.29 is 28.1 Å². The number of pyridine rings is 2. The molecule has 33 heavy (non-hydrogen) atoms. The highest BCUT2D eigenvalue weighted by Gasteiger charge is 2.24. The van der Waals surface area contributed by atoms with E-state index in [2.05, 4.69) is 25.5 Å². The highest BCUT2D eigenvalue weighted by molar-refractivity contribution is 7.17. The molecule has 3 aromatic rings. The fourth-order valence-electron chi connectivity index (χ4n) is 3.08. The average Bonchev–Trinajstić information content (AvgIpc) is 3.27. The number of halogens is 2. The molecule has 0 aromatic carbocycles. The maximum absolute atomic E-state index is 14.9. The standard InChI is InChI=1S/C20H19ClFN5O5S/c1-10-5-12(15-14(29-2)7-24-17(21)16(15)22)13(6-23-10)18(28)25-19-26-27-20(33-19)32-9-11-8-30-3-4-31-11/h5-7,11H,3-4,8-9H2,1-2H3,(H,25,26,28)/t11-/m0/s1. The van der Waals surface area contributed by atoms with Gasteiger partial charge in [-0.3, -0.25) is 15.1 Å². The van der Waals surface area contributed by atoms with Crippen LogP contribution in [0.3, 0.4) is 0 Å². The Morgan fingerprint density at radius 2 is 2.18 bits per heavy atom. The summed E-state index contributed by atoms with van der Waals surface area (Å²) in [6, 6.07) is 1.56. The summed E-state index contributed by atoms with van der Waals surface area (Å²) >= 11 is 6.92. The lowest BCUT2D eigenvalue weighted by molar-refractivity contribution is -0.101. The second-order valence-electron chi connectivity index (χ2n) is 6.88. The Hall–Kier alpha value is -2.93. The molecule has 4 heterocycles. The van der Waals surface area contributed by atoms with Crippen LogP contribution in [0.15, 0.2) is 18.5 Å². The van der Waals surface area contributed by atoms with Crippen LogP contribution in [-0.2, 0) is 9.47 Å². The minimum Gasteiger partial charge on any atom is -0.494 e. The van der Waals surface area contributed by atoms with Gasteiger partial charge in [0.25, 0.3) is 11.1 Å². The molecule has 0 radical (unpaired) electrons. The quantitative estimate of drug-likeness (QED) is 0.493. The Morgan fingerprint density at radius 3 is 2.94 bits per heavy atom. The first-order chi connectivity index (χ1) is 16.0. The van der Waals surface area contributed by atoms with Gasteiger partial charge in [0.05, 0.1) is 44.3 Å². The number of ether oxygens (including phenoxy) is 4. The molecule has 1 atom stereocenters. The van der Waals surface area contributed by atoms with Gasteiger partial charge in [-0.25, -0.2) is 9.37 Å². The molecule has 3 aromatic heterocycles. The van der Waals surface area contributed by atoms with Gasteiger partial charge in [0.15, 0.2) is 11.0 Å². The molecule has 4 rings (SSSR count). The Balaban J connectivity index is 1.54. The van der Waals surface area contributed by atoms with Crippen LogP contribution in [0.4, 0.5) is 9.52 Å². The summed E-state index contributed by atoms with van der Waals surface area (Å²) in [4.78, 5) is 21.0. The van der Waals surface area contributed by atoms with Gasteiger partial charge in [0.1, 0.15) is 18.5 Å². The molecule has 1 saturated heterocycles. The maximum Gasteiger partial charge on any atom is 0.295 e. The number of nitrogens with one attached hydrogen (secondary N) is 1. The van der Waals surface area contributed by atoms with E-state index in [0.29, 0.717) is 25.5 Å². The molecule has 1 aliphatic rings. The van der Waals surface area contributed by atoms with E-state index in [9.17, 15) is 9.18 Å². The second-order valence-corrected chi connectivity index (χ2v) is 8.18. The minimum absolute atomic E-state index is 0.00383. The van der Waals surface area contributed by atoms with E-state index in [1.165, 1.54) is 19.5 Å². The fourth-order valence-corrected chi connectivity index (χ4v) is 3.82. The van der Waals surface area contributed by atoms with Crippen molar-refractivity contribution in [3.05, 3.63) is 40.7 Å². The number of rotatable bonds is 7. The third kappa shape index (κ3) is 5.36. The molecule has 1 N–H and O–H groups in total. The summed E-state index contributed by atoms with van der Waals surface area (Å²) in [6.45, 7) is 3.46. The second kappa shape index (κ2) is 10.3. The average molecular weight is 496 g/mol. The normalized spacial score (nSPS) is 15.8. The van der Waals surface area contributed by atoms with Gasteiger partial charge in [-0.1, -0.05) is 16.7 Å². The van der Waals surface area contributed by atoms with E-state index < -0.39 is 11.7 Å². The first kappa shape index (κ1) is 23.2. The molecular weight excluding hydrogens is 477 g/mol. The summed E-state index contributed by atoms with van der Waals surface area (Å²) in [5.41, 5.74) is 0.903. The minimum atomic E-state index is -0.809. The van der Waals surface area contributed by atoms with E-state index in [1.807, 2.05) is 0 Å². The maximum atomic E-state index is 14.9. The molecule has 174 valence electrons. The van der Waals surface area contributed by atoms with Crippen molar-refractivity contribution in [2.24, 2.45) is 0 Å². The molecule has 0 aliphatic carbocycles. The number of aryl methyl sites for hydroxylation is 1. The zero-order valence-corrected chi connectivity index (χ0v) is 19.2. The Bertz CT molecular complexity index is 1160. The summed E-state index contributed by atoms with van der Waals surface area (Å²) in [5, 5.41) is 10.6. The predicted octanol–water partition coefficient (Wildman–Crippen LogP) is 3.15. The summed E-state index contributed by atoms with van der Waals surface area (Å²) in [6.07, 6.45) is 2.43. The highest BCUT2D eigenvalue weighted by Crippen LogP contribution is 2.37.